The van der Waals surface area contributed by atoms with E-state index in [1.165, 1.54) is 4.68 Å². The molecule has 0 atom stereocenters. The van der Waals surface area contributed by atoms with Crippen LogP contribution in [-0.2, 0) is 11.3 Å². The molecule has 2 amide bonds. The summed E-state index contributed by atoms with van der Waals surface area (Å²) in [5.74, 6) is 0.0246. The number of anilines is 2. The van der Waals surface area contributed by atoms with E-state index < -0.39 is 5.91 Å². The molecule has 3 aromatic rings. The van der Waals surface area contributed by atoms with Crippen LogP contribution in [0.1, 0.15) is 16.2 Å². The summed E-state index contributed by atoms with van der Waals surface area (Å²) in [5, 5.41) is 13.3. The molecule has 28 heavy (non-hydrogen) atoms. The maximum atomic E-state index is 12.4. The molecule has 1 heterocycles. The molecule has 9 heteroatoms. The standard InChI is InChI=1S/C19H18BrN5O3/c1-12-18(19(27)22-15-7-9-16(28-2)10-8-15)23-24-25(12)11-17(26)21-14-5-3-13(20)4-6-14/h3-10H,11H2,1-2H3,(H,21,26)(H,22,27). The van der Waals surface area contributed by atoms with Crippen LogP contribution in [0.5, 0.6) is 5.75 Å². The van der Waals surface area contributed by atoms with Crippen molar-refractivity contribution >= 4 is 39.1 Å². The van der Waals surface area contributed by atoms with Crippen LogP contribution in [0.2, 0.25) is 0 Å². The van der Waals surface area contributed by atoms with Crippen molar-refractivity contribution < 1.29 is 14.3 Å². The minimum absolute atomic E-state index is 0.0509. The van der Waals surface area contributed by atoms with Gasteiger partial charge in [-0.1, -0.05) is 21.1 Å². The van der Waals surface area contributed by atoms with Gasteiger partial charge < -0.3 is 15.4 Å². The van der Waals surface area contributed by atoms with Crippen LogP contribution >= 0.6 is 15.9 Å². The number of carbonyl (C=O) groups excluding carboxylic acids is 2. The fourth-order valence-electron chi connectivity index (χ4n) is 2.45. The number of methoxy groups -OCH3 is 1. The first-order chi connectivity index (χ1) is 13.5. The minimum atomic E-state index is -0.401. The van der Waals surface area contributed by atoms with E-state index in [4.69, 9.17) is 4.74 Å². The van der Waals surface area contributed by atoms with Gasteiger partial charge in [0, 0.05) is 15.8 Å². The molecule has 0 bridgehead atoms. The first kappa shape index (κ1) is 19.6. The van der Waals surface area contributed by atoms with Gasteiger partial charge in [0.2, 0.25) is 5.91 Å². The normalized spacial score (nSPS) is 10.4. The quantitative estimate of drug-likeness (QED) is 0.609. The third-order valence-corrected chi connectivity index (χ3v) is 4.50. The van der Waals surface area contributed by atoms with Crippen LogP contribution in [0.15, 0.2) is 53.0 Å². The molecule has 3 rings (SSSR count). The number of halogens is 1. The average Bonchev–Trinajstić information content (AvgIpc) is 3.04. The van der Waals surface area contributed by atoms with Crippen LogP contribution < -0.4 is 15.4 Å². The summed E-state index contributed by atoms with van der Waals surface area (Å²) in [5.41, 5.74) is 1.93. The lowest BCUT2D eigenvalue weighted by molar-refractivity contribution is -0.117. The van der Waals surface area contributed by atoms with Gasteiger partial charge in [-0.2, -0.15) is 0 Å². The van der Waals surface area contributed by atoms with E-state index in [2.05, 4.69) is 36.9 Å². The van der Waals surface area contributed by atoms with Crippen molar-refractivity contribution in [3.63, 3.8) is 0 Å². The Balaban J connectivity index is 1.64. The summed E-state index contributed by atoms with van der Waals surface area (Å²) in [6, 6.07) is 14.2. The molecule has 0 saturated heterocycles. The fraction of sp³-hybridized carbons (Fsp3) is 0.158. The summed E-state index contributed by atoms with van der Waals surface area (Å²) in [7, 11) is 1.57. The van der Waals surface area contributed by atoms with E-state index in [9.17, 15) is 9.59 Å². The maximum absolute atomic E-state index is 12.4. The second-order valence-corrected chi connectivity index (χ2v) is 6.83. The smallest absolute Gasteiger partial charge is 0.278 e. The molecule has 0 spiro atoms. The first-order valence-corrected chi connectivity index (χ1v) is 9.16. The Hall–Kier alpha value is -3.20. The molecule has 8 nitrogen and oxygen atoms in total. The van der Waals surface area contributed by atoms with Crippen LogP contribution in [0.25, 0.3) is 0 Å². The molecule has 2 aromatic carbocycles. The van der Waals surface area contributed by atoms with E-state index in [1.54, 1.807) is 50.4 Å². The third-order valence-electron chi connectivity index (χ3n) is 3.97. The monoisotopic (exact) mass is 443 g/mol. The number of rotatable bonds is 6. The topological polar surface area (TPSA) is 98.1 Å². The van der Waals surface area contributed by atoms with Crippen molar-refractivity contribution in [3.05, 3.63) is 64.4 Å². The number of hydrogen-bond acceptors (Lipinski definition) is 5. The Kier molecular flexibility index (Phi) is 6.05. The minimum Gasteiger partial charge on any atom is -0.497 e. The fourth-order valence-corrected chi connectivity index (χ4v) is 2.72. The number of amides is 2. The largest absolute Gasteiger partial charge is 0.497 e. The Labute approximate surface area is 170 Å². The van der Waals surface area contributed by atoms with Gasteiger partial charge in [-0.25, -0.2) is 4.68 Å². The van der Waals surface area contributed by atoms with Crippen LogP contribution in [0.3, 0.4) is 0 Å². The number of aromatic nitrogens is 3. The van der Waals surface area contributed by atoms with Crippen LogP contribution in [-0.4, -0.2) is 33.9 Å². The first-order valence-electron chi connectivity index (χ1n) is 8.37. The highest BCUT2D eigenvalue weighted by molar-refractivity contribution is 9.10. The Bertz CT molecular complexity index is 984. The van der Waals surface area contributed by atoms with Crippen LogP contribution in [0.4, 0.5) is 11.4 Å². The van der Waals surface area contributed by atoms with Gasteiger partial charge in [-0.05, 0) is 55.5 Å². The Morgan fingerprint density at radius 1 is 1.04 bits per heavy atom. The number of carbonyl (C=O) groups is 2. The zero-order valence-corrected chi connectivity index (χ0v) is 16.9. The molecule has 0 aliphatic rings. The van der Waals surface area contributed by atoms with Crippen molar-refractivity contribution in [1.82, 2.24) is 15.0 Å². The Morgan fingerprint density at radius 3 is 2.29 bits per heavy atom. The summed E-state index contributed by atoms with van der Waals surface area (Å²) in [6.45, 7) is 1.64. The summed E-state index contributed by atoms with van der Waals surface area (Å²) < 4.78 is 7.40. The molecule has 144 valence electrons. The van der Waals surface area contributed by atoms with Crippen molar-refractivity contribution in [2.75, 3.05) is 17.7 Å². The van der Waals surface area contributed by atoms with Gasteiger partial charge in [-0.15, -0.1) is 5.10 Å². The van der Waals surface area contributed by atoms with Gasteiger partial charge in [0.05, 0.1) is 12.8 Å². The van der Waals surface area contributed by atoms with Crippen molar-refractivity contribution in [3.8, 4) is 5.75 Å². The Morgan fingerprint density at radius 2 is 1.64 bits per heavy atom. The highest BCUT2D eigenvalue weighted by Gasteiger charge is 2.18. The molecule has 0 radical (unpaired) electrons. The number of nitrogens with one attached hydrogen (secondary N) is 2. The highest BCUT2D eigenvalue weighted by atomic mass is 79.9. The number of hydrogen-bond donors (Lipinski definition) is 2. The molecule has 0 saturated carbocycles. The van der Waals surface area contributed by atoms with E-state index >= 15 is 0 Å². The predicted molar refractivity (Wildman–Crippen MR) is 108 cm³/mol. The maximum Gasteiger partial charge on any atom is 0.278 e. The molecule has 2 N–H and O–H groups in total. The lowest BCUT2D eigenvalue weighted by Crippen LogP contribution is -2.21. The molecule has 0 aliphatic heterocycles. The SMILES string of the molecule is COc1ccc(NC(=O)c2nnn(CC(=O)Nc3ccc(Br)cc3)c2C)cc1. The zero-order valence-electron chi connectivity index (χ0n) is 15.3. The van der Waals surface area contributed by atoms with Gasteiger partial charge in [0.15, 0.2) is 5.69 Å². The highest BCUT2D eigenvalue weighted by Crippen LogP contribution is 2.17. The van der Waals surface area contributed by atoms with E-state index in [0.717, 1.165) is 4.47 Å². The molecular formula is C19H18BrN5O3. The van der Waals surface area contributed by atoms with Crippen molar-refractivity contribution in [1.29, 1.82) is 0 Å². The van der Waals surface area contributed by atoms with Crippen molar-refractivity contribution in [2.45, 2.75) is 13.5 Å². The number of ether oxygens (including phenoxy) is 1. The number of nitrogens with zero attached hydrogens (tertiary/aromatic N) is 3. The lowest BCUT2D eigenvalue weighted by atomic mass is 10.2. The second kappa shape index (κ2) is 8.66. The molecule has 0 unspecified atom stereocenters. The number of benzene rings is 2. The van der Waals surface area contributed by atoms with E-state index in [-0.39, 0.29) is 18.1 Å². The van der Waals surface area contributed by atoms with E-state index in [0.29, 0.717) is 22.8 Å². The van der Waals surface area contributed by atoms with Gasteiger partial charge >= 0.3 is 0 Å². The second-order valence-electron chi connectivity index (χ2n) is 5.92. The molecule has 0 aliphatic carbocycles. The summed E-state index contributed by atoms with van der Waals surface area (Å²) >= 11 is 3.34. The summed E-state index contributed by atoms with van der Waals surface area (Å²) in [6.07, 6.45) is 0. The summed E-state index contributed by atoms with van der Waals surface area (Å²) in [4.78, 5) is 24.7. The zero-order chi connectivity index (χ0) is 20.1. The van der Waals surface area contributed by atoms with Gasteiger partial charge in [0.1, 0.15) is 12.3 Å². The molecular weight excluding hydrogens is 426 g/mol. The average molecular weight is 444 g/mol. The van der Waals surface area contributed by atoms with Gasteiger partial charge in [0.25, 0.3) is 5.91 Å². The van der Waals surface area contributed by atoms with Gasteiger partial charge in [-0.3, -0.25) is 9.59 Å². The molecule has 1 aromatic heterocycles. The van der Waals surface area contributed by atoms with Crippen LogP contribution in [0, 0.1) is 6.92 Å². The molecule has 0 fully saturated rings. The van der Waals surface area contributed by atoms with Crippen molar-refractivity contribution in [2.24, 2.45) is 0 Å². The van der Waals surface area contributed by atoms with E-state index in [1.807, 2.05) is 12.1 Å². The third kappa shape index (κ3) is 4.74. The predicted octanol–water partition coefficient (Wildman–Crippen LogP) is 3.25. The lowest BCUT2D eigenvalue weighted by Gasteiger charge is -2.07.